The van der Waals surface area contributed by atoms with E-state index in [0.29, 0.717) is 5.92 Å². The Kier molecular flexibility index (Phi) is 6.90. The molecule has 0 aromatic carbocycles. The summed E-state index contributed by atoms with van der Waals surface area (Å²) < 4.78 is 1.02. The summed E-state index contributed by atoms with van der Waals surface area (Å²) in [5.74, 6) is 9.29. The van der Waals surface area contributed by atoms with Gasteiger partial charge in [-0.25, -0.2) is 9.97 Å². The molecule has 0 bridgehead atoms. The van der Waals surface area contributed by atoms with Gasteiger partial charge >= 0.3 is 0 Å². The third-order valence-electron chi connectivity index (χ3n) is 4.97. The molecule has 1 saturated carbocycles. The number of anilines is 1. The monoisotopic (exact) mass is 419 g/mol. The van der Waals surface area contributed by atoms with Crippen molar-refractivity contribution < 1.29 is 0 Å². The molecule has 2 aromatic rings. The van der Waals surface area contributed by atoms with Crippen molar-refractivity contribution in [1.29, 1.82) is 0 Å². The average Bonchev–Trinajstić information content (AvgIpc) is 3.25. The van der Waals surface area contributed by atoms with Crippen LogP contribution in [0.2, 0.25) is 0 Å². The van der Waals surface area contributed by atoms with Gasteiger partial charge in [0.1, 0.15) is 5.69 Å². The minimum absolute atomic E-state index is 0.557. The van der Waals surface area contributed by atoms with Crippen molar-refractivity contribution in [2.24, 2.45) is 11.7 Å². The SMILES string of the molecule is Brc1cnc(-c2ccc(N3CCNCC3)cn2)nc1C1CCCC1.NN. The van der Waals surface area contributed by atoms with Crippen LogP contribution < -0.4 is 21.9 Å². The Labute approximate surface area is 162 Å². The molecule has 0 unspecified atom stereocenters. The lowest BCUT2D eigenvalue weighted by atomic mass is 10.0. The zero-order valence-electron chi connectivity index (χ0n) is 14.9. The van der Waals surface area contributed by atoms with Crippen molar-refractivity contribution in [2.45, 2.75) is 31.6 Å². The number of nitrogens with two attached hydrogens (primary N) is 2. The summed E-state index contributed by atoms with van der Waals surface area (Å²) >= 11 is 3.62. The van der Waals surface area contributed by atoms with E-state index in [2.05, 4.69) is 53.9 Å². The molecule has 1 saturated heterocycles. The molecule has 1 aliphatic heterocycles. The number of piperazine rings is 1. The van der Waals surface area contributed by atoms with Crippen LogP contribution in [0.4, 0.5) is 5.69 Å². The quantitative estimate of drug-likeness (QED) is 0.516. The molecule has 0 radical (unpaired) electrons. The molecule has 2 aliphatic rings. The Morgan fingerprint density at radius 3 is 2.42 bits per heavy atom. The molecule has 7 nitrogen and oxygen atoms in total. The van der Waals surface area contributed by atoms with Gasteiger partial charge in [0.05, 0.1) is 22.1 Å². The van der Waals surface area contributed by atoms with Crippen LogP contribution in [-0.2, 0) is 0 Å². The lowest BCUT2D eigenvalue weighted by Crippen LogP contribution is -2.43. The van der Waals surface area contributed by atoms with Crippen molar-refractivity contribution >= 4 is 21.6 Å². The first-order chi connectivity index (χ1) is 12.8. The topological polar surface area (TPSA) is 106 Å². The van der Waals surface area contributed by atoms with Gasteiger partial charge in [-0.2, -0.15) is 0 Å². The highest BCUT2D eigenvalue weighted by molar-refractivity contribution is 9.10. The number of nitrogens with one attached hydrogen (secondary N) is 1. The van der Waals surface area contributed by atoms with Gasteiger partial charge in [-0.05, 0) is 40.9 Å². The van der Waals surface area contributed by atoms with E-state index >= 15 is 0 Å². The Morgan fingerprint density at radius 1 is 1.04 bits per heavy atom. The smallest absolute Gasteiger partial charge is 0.178 e. The van der Waals surface area contributed by atoms with Gasteiger partial charge in [-0.15, -0.1) is 0 Å². The first-order valence-corrected chi connectivity index (χ1v) is 9.88. The largest absolute Gasteiger partial charge is 0.368 e. The molecule has 8 heteroatoms. The average molecular weight is 420 g/mol. The molecule has 140 valence electrons. The second-order valence-corrected chi connectivity index (χ2v) is 7.40. The number of rotatable bonds is 3. The molecular weight excluding hydrogens is 394 g/mol. The molecule has 0 amide bonds. The summed E-state index contributed by atoms with van der Waals surface area (Å²) in [6.45, 7) is 4.12. The second kappa shape index (κ2) is 9.36. The molecule has 0 atom stereocenters. The lowest BCUT2D eigenvalue weighted by molar-refractivity contribution is 0.589. The molecule has 1 aliphatic carbocycles. The molecule has 3 heterocycles. The minimum Gasteiger partial charge on any atom is -0.368 e. The van der Waals surface area contributed by atoms with E-state index in [-0.39, 0.29) is 0 Å². The van der Waals surface area contributed by atoms with E-state index in [1.807, 2.05) is 18.5 Å². The van der Waals surface area contributed by atoms with Gasteiger partial charge in [0.25, 0.3) is 0 Å². The van der Waals surface area contributed by atoms with Gasteiger partial charge in [0.2, 0.25) is 0 Å². The fourth-order valence-electron chi connectivity index (χ4n) is 3.62. The normalized spacial score (nSPS) is 17.7. The van der Waals surface area contributed by atoms with Gasteiger partial charge in [0, 0.05) is 38.3 Å². The fourth-order valence-corrected chi connectivity index (χ4v) is 4.13. The van der Waals surface area contributed by atoms with E-state index in [0.717, 1.165) is 47.9 Å². The molecule has 2 fully saturated rings. The third-order valence-corrected chi connectivity index (χ3v) is 5.58. The van der Waals surface area contributed by atoms with Crippen molar-refractivity contribution in [3.63, 3.8) is 0 Å². The summed E-state index contributed by atoms with van der Waals surface area (Å²) in [7, 11) is 0. The van der Waals surface area contributed by atoms with Crippen LogP contribution in [0.1, 0.15) is 37.3 Å². The highest BCUT2D eigenvalue weighted by Crippen LogP contribution is 2.36. The van der Waals surface area contributed by atoms with E-state index < -0.39 is 0 Å². The standard InChI is InChI=1S/C18H22BrN5.H4N2/c19-15-12-22-18(23-17(15)13-3-1-2-4-13)16-6-5-14(11-21-16)24-9-7-20-8-10-24;1-2/h5-6,11-13,20H,1-4,7-10H2;1-2H2. The Morgan fingerprint density at radius 2 is 1.77 bits per heavy atom. The van der Waals surface area contributed by atoms with Gasteiger partial charge < -0.3 is 10.2 Å². The van der Waals surface area contributed by atoms with Crippen LogP contribution in [0.5, 0.6) is 0 Å². The second-order valence-electron chi connectivity index (χ2n) is 6.55. The van der Waals surface area contributed by atoms with E-state index in [1.165, 1.54) is 31.4 Å². The first-order valence-electron chi connectivity index (χ1n) is 9.09. The molecule has 26 heavy (non-hydrogen) atoms. The summed E-state index contributed by atoms with van der Waals surface area (Å²) in [6.07, 6.45) is 8.88. The third kappa shape index (κ3) is 4.37. The van der Waals surface area contributed by atoms with Crippen molar-refractivity contribution in [3.05, 3.63) is 34.7 Å². The first kappa shape index (κ1) is 19.2. The highest BCUT2D eigenvalue weighted by Gasteiger charge is 2.22. The van der Waals surface area contributed by atoms with Crippen LogP contribution in [0.25, 0.3) is 11.5 Å². The van der Waals surface area contributed by atoms with Gasteiger partial charge in [-0.1, -0.05) is 12.8 Å². The number of halogens is 1. The zero-order valence-corrected chi connectivity index (χ0v) is 16.5. The minimum atomic E-state index is 0.557. The number of hydrazine groups is 1. The lowest BCUT2D eigenvalue weighted by Gasteiger charge is -2.29. The highest BCUT2D eigenvalue weighted by atomic mass is 79.9. The van der Waals surface area contributed by atoms with Gasteiger partial charge in [-0.3, -0.25) is 16.7 Å². The Hall–Kier alpha value is -1.61. The fraction of sp³-hybridized carbons (Fsp3) is 0.500. The molecule has 2 aromatic heterocycles. The van der Waals surface area contributed by atoms with Crippen molar-refractivity contribution in [2.75, 3.05) is 31.1 Å². The molecular formula is C18H26BrN7. The van der Waals surface area contributed by atoms with Crippen LogP contribution >= 0.6 is 15.9 Å². The number of nitrogens with zero attached hydrogens (tertiary/aromatic N) is 4. The number of hydrogen-bond donors (Lipinski definition) is 3. The summed E-state index contributed by atoms with van der Waals surface area (Å²) in [6, 6.07) is 4.17. The summed E-state index contributed by atoms with van der Waals surface area (Å²) in [5, 5.41) is 3.37. The van der Waals surface area contributed by atoms with E-state index in [4.69, 9.17) is 4.98 Å². The maximum Gasteiger partial charge on any atom is 0.178 e. The van der Waals surface area contributed by atoms with Crippen molar-refractivity contribution in [3.8, 4) is 11.5 Å². The number of aromatic nitrogens is 3. The van der Waals surface area contributed by atoms with Crippen molar-refractivity contribution in [1.82, 2.24) is 20.3 Å². The predicted octanol–water partition coefficient (Wildman–Crippen LogP) is 2.19. The van der Waals surface area contributed by atoms with Crippen LogP contribution in [-0.4, -0.2) is 41.1 Å². The maximum absolute atomic E-state index is 4.82. The number of pyridine rings is 1. The van der Waals surface area contributed by atoms with Gasteiger partial charge in [0.15, 0.2) is 5.82 Å². The predicted molar refractivity (Wildman–Crippen MR) is 108 cm³/mol. The Bertz CT molecular complexity index is 695. The molecule has 5 N–H and O–H groups in total. The molecule has 0 spiro atoms. The van der Waals surface area contributed by atoms with E-state index in [9.17, 15) is 0 Å². The zero-order chi connectivity index (χ0) is 18.4. The maximum atomic E-state index is 4.82. The summed E-state index contributed by atoms with van der Waals surface area (Å²) in [4.78, 5) is 16.3. The molecule has 4 rings (SSSR count). The van der Waals surface area contributed by atoms with E-state index in [1.54, 1.807) is 0 Å². The van der Waals surface area contributed by atoms with Crippen LogP contribution in [0.3, 0.4) is 0 Å². The Balaban J connectivity index is 0.000000948. The summed E-state index contributed by atoms with van der Waals surface area (Å²) in [5.41, 5.74) is 3.17. The van der Waals surface area contributed by atoms with Crippen LogP contribution in [0, 0.1) is 0 Å². The van der Waals surface area contributed by atoms with Crippen LogP contribution in [0.15, 0.2) is 29.0 Å². The number of hydrogen-bond acceptors (Lipinski definition) is 7.